The molecule has 2 unspecified atom stereocenters. The Bertz CT molecular complexity index is 563. The first-order valence-electron chi connectivity index (χ1n) is 6.61. The van der Waals surface area contributed by atoms with Crippen LogP contribution in [-0.2, 0) is 0 Å². The summed E-state index contributed by atoms with van der Waals surface area (Å²) in [7, 11) is 0. The molecule has 2 rings (SSSR count). The molecule has 0 spiro atoms. The third-order valence-corrected chi connectivity index (χ3v) is 6.28. The Morgan fingerprint density at radius 3 is 2.65 bits per heavy atom. The van der Waals surface area contributed by atoms with Crippen molar-refractivity contribution in [3.8, 4) is 0 Å². The topological polar surface area (TPSA) is 38.9 Å². The number of aryl methyl sites for hydroxylation is 2. The highest BCUT2D eigenvalue weighted by Gasteiger charge is 2.22. The molecule has 0 aliphatic carbocycles. The highest BCUT2D eigenvalue weighted by atomic mass is 79.9. The first-order chi connectivity index (χ1) is 9.49. The minimum absolute atomic E-state index is 0.133. The number of halogens is 1. The maximum Gasteiger partial charge on any atom is 0.0972 e. The molecule has 2 N–H and O–H groups in total. The van der Waals surface area contributed by atoms with E-state index in [-0.39, 0.29) is 11.3 Å². The Labute approximate surface area is 137 Å². The van der Waals surface area contributed by atoms with Crippen LogP contribution >= 0.6 is 39.0 Å². The predicted octanol–water partition coefficient (Wildman–Crippen LogP) is 5.09. The average Bonchev–Trinajstić information content (AvgIpc) is 2.80. The lowest BCUT2D eigenvalue weighted by atomic mass is 10.1. The minimum atomic E-state index is 0.133. The van der Waals surface area contributed by atoms with E-state index in [1.54, 1.807) is 23.1 Å². The van der Waals surface area contributed by atoms with Gasteiger partial charge in [-0.2, -0.15) is 0 Å². The van der Waals surface area contributed by atoms with Crippen molar-refractivity contribution in [2.45, 2.75) is 43.5 Å². The number of hydrogen-bond donors (Lipinski definition) is 1. The van der Waals surface area contributed by atoms with Gasteiger partial charge in [-0.25, -0.2) is 4.98 Å². The first kappa shape index (κ1) is 16.0. The number of nitrogens with zero attached hydrogens (tertiary/aromatic N) is 1. The molecule has 20 heavy (non-hydrogen) atoms. The maximum absolute atomic E-state index is 6.33. The number of rotatable bonds is 5. The molecule has 2 atom stereocenters. The molecule has 108 valence electrons. The van der Waals surface area contributed by atoms with Gasteiger partial charge in [-0.05, 0) is 60.0 Å². The molecule has 0 saturated heterocycles. The lowest BCUT2D eigenvalue weighted by molar-refractivity contribution is 0.639. The summed E-state index contributed by atoms with van der Waals surface area (Å²) >= 11 is 7.05. The summed E-state index contributed by atoms with van der Waals surface area (Å²) in [6.07, 6.45) is 0.956. The molecule has 0 amide bonds. The zero-order chi connectivity index (χ0) is 14.7. The monoisotopic (exact) mass is 370 g/mol. The van der Waals surface area contributed by atoms with E-state index in [0.717, 1.165) is 21.6 Å². The summed E-state index contributed by atoms with van der Waals surface area (Å²) in [5, 5.41) is 3.42. The Balaban J connectivity index is 2.28. The Morgan fingerprint density at radius 1 is 1.35 bits per heavy atom. The smallest absolute Gasteiger partial charge is 0.0972 e. The SMILES string of the molecule is CCC(N)C(Sc1cc(C)cc(C)n1)c1cc(Br)cs1. The van der Waals surface area contributed by atoms with Crippen molar-refractivity contribution in [1.29, 1.82) is 0 Å². The van der Waals surface area contributed by atoms with Gasteiger partial charge in [0, 0.05) is 26.5 Å². The zero-order valence-electron chi connectivity index (χ0n) is 11.9. The molecule has 0 aromatic carbocycles. The molecule has 2 heterocycles. The third-order valence-electron chi connectivity index (χ3n) is 3.05. The lowest BCUT2D eigenvalue weighted by Crippen LogP contribution is -2.25. The number of hydrogen-bond acceptors (Lipinski definition) is 4. The van der Waals surface area contributed by atoms with Crippen LogP contribution < -0.4 is 5.73 Å². The molecule has 0 saturated carbocycles. The fraction of sp³-hybridized carbons (Fsp3) is 0.400. The highest BCUT2D eigenvalue weighted by Crippen LogP contribution is 2.41. The average molecular weight is 371 g/mol. The largest absolute Gasteiger partial charge is 0.326 e. The van der Waals surface area contributed by atoms with Crippen molar-refractivity contribution in [2.24, 2.45) is 5.73 Å². The number of thioether (sulfide) groups is 1. The highest BCUT2D eigenvalue weighted by molar-refractivity contribution is 9.10. The van der Waals surface area contributed by atoms with E-state index in [0.29, 0.717) is 0 Å². The van der Waals surface area contributed by atoms with Gasteiger partial charge < -0.3 is 5.73 Å². The van der Waals surface area contributed by atoms with Crippen molar-refractivity contribution >= 4 is 39.0 Å². The summed E-state index contributed by atoms with van der Waals surface area (Å²) < 4.78 is 1.12. The lowest BCUT2D eigenvalue weighted by Gasteiger charge is -2.21. The molecule has 0 fully saturated rings. The van der Waals surface area contributed by atoms with Crippen LogP contribution in [0.5, 0.6) is 0 Å². The fourth-order valence-corrected chi connectivity index (χ4v) is 5.12. The Morgan fingerprint density at radius 2 is 2.10 bits per heavy atom. The van der Waals surface area contributed by atoms with Crippen molar-refractivity contribution in [1.82, 2.24) is 4.98 Å². The van der Waals surface area contributed by atoms with E-state index in [1.807, 2.05) is 6.92 Å². The summed E-state index contributed by atoms with van der Waals surface area (Å²) in [5.74, 6) is 0. The third kappa shape index (κ3) is 4.07. The van der Waals surface area contributed by atoms with E-state index in [4.69, 9.17) is 5.73 Å². The molecule has 2 aromatic rings. The summed E-state index contributed by atoms with van der Waals surface area (Å²) in [6, 6.07) is 6.53. The van der Waals surface area contributed by atoms with Crippen molar-refractivity contribution in [3.05, 3.63) is 44.2 Å². The van der Waals surface area contributed by atoms with Crippen molar-refractivity contribution in [3.63, 3.8) is 0 Å². The normalized spacial score (nSPS) is 14.2. The van der Waals surface area contributed by atoms with Gasteiger partial charge in [0.2, 0.25) is 0 Å². The van der Waals surface area contributed by atoms with Crippen LogP contribution in [0.1, 0.15) is 34.7 Å². The van der Waals surface area contributed by atoms with E-state index < -0.39 is 0 Å². The molecule has 0 aliphatic heterocycles. The summed E-state index contributed by atoms with van der Waals surface area (Å²) in [6.45, 7) is 6.28. The van der Waals surface area contributed by atoms with Crippen molar-refractivity contribution in [2.75, 3.05) is 0 Å². The van der Waals surface area contributed by atoms with Gasteiger partial charge in [0.05, 0.1) is 10.3 Å². The van der Waals surface area contributed by atoms with Crippen LogP contribution in [0.3, 0.4) is 0 Å². The molecular weight excluding hydrogens is 352 g/mol. The quantitative estimate of drug-likeness (QED) is 0.744. The van der Waals surface area contributed by atoms with Gasteiger partial charge >= 0.3 is 0 Å². The summed E-state index contributed by atoms with van der Waals surface area (Å²) in [5.41, 5.74) is 8.63. The molecule has 5 heteroatoms. The van der Waals surface area contributed by atoms with Gasteiger partial charge in [0.1, 0.15) is 0 Å². The Kier molecular flexibility index (Phi) is 5.66. The number of nitrogens with two attached hydrogens (primary N) is 1. The van der Waals surface area contributed by atoms with Gasteiger partial charge in [-0.1, -0.05) is 18.7 Å². The number of thiophene rings is 1. The second-order valence-corrected chi connectivity index (χ2v) is 7.92. The van der Waals surface area contributed by atoms with Gasteiger partial charge in [-0.3, -0.25) is 0 Å². The molecule has 0 radical (unpaired) electrons. The van der Waals surface area contributed by atoms with Crippen LogP contribution in [-0.4, -0.2) is 11.0 Å². The fourth-order valence-electron chi connectivity index (χ4n) is 2.04. The molecule has 2 nitrogen and oxygen atoms in total. The van der Waals surface area contributed by atoms with Crippen molar-refractivity contribution < 1.29 is 0 Å². The van der Waals surface area contributed by atoms with E-state index >= 15 is 0 Å². The Hall–Kier alpha value is -0.360. The van der Waals surface area contributed by atoms with E-state index in [9.17, 15) is 0 Å². The second kappa shape index (κ2) is 7.07. The van der Waals surface area contributed by atoms with Crippen LogP contribution in [0, 0.1) is 13.8 Å². The van der Waals surface area contributed by atoms with Gasteiger partial charge in [0.25, 0.3) is 0 Å². The molecular formula is C15H19BrN2S2. The van der Waals surface area contributed by atoms with E-state index in [1.165, 1.54) is 10.4 Å². The first-order valence-corrected chi connectivity index (χ1v) is 9.16. The van der Waals surface area contributed by atoms with Crippen LogP contribution in [0.4, 0.5) is 0 Å². The molecule has 2 aromatic heterocycles. The van der Waals surface area contributed by atoms with Crippen LogP contribution in [0.25, 0.3) is 0 Å². The number of aromatic nitrogens is 1. The van der Waals surface area contributed by atoms with Gasteiger partial charge in [-0.15, -0.1) is 11.3 Å². The summed E-state index contributed by atoms with van der Waals surface area (Å²) in [4.78, 5) is 5.93. The molecule has 0 bridgehead atoms. The zero-order valence-corrected chi connectivity index (χ0v) is 15.1. The standard InChI is InChI=1S/C15H19BrN2S2/c1-4-12(17)15(13-7-11(16)8-19-13)20-14-6-9(2)5-10(3)18-14/h5-8,12,15H,4,17H2,1-3H3. The van der Waals surface area contributed by atoms with Crippen LogP contribution in [0.15, 0.2) is 33.1 Å². The van der Waals surface area contributed by atoms with Gasteiger partial charge in [0.15, 0.2) is 0 Å². The minimum Gasteiger partial charge on any atom is -0.326 e. The second-order valence-electron chi connectivity index (χ2n) is 4.90. The molecule has 0 aliphatic rings. The van der Waals surface area contributed by atoms with Crippen LogP contribution in [0.2, 0.25) is 0 Å². The maximum atomic E-state index is 6.33. The number of pyridine rings is 1. The predicted molar refractivity (Wildman–Crippen MR) is 92.6 cm³/mol. The van der Waals surface area contributed by atoms with E-state index in [2.05, 4.69) is 58.3 Å².